The number of unbranched alkanes of at least 4 members (excludes halogenated alkanes) is 5. The van der Waals surface area contributed by atoms with Gasteiger partial charge >= 0.3 is 13.6 Å². The zero-order valence-electron chi connectivity index (χ0n) is 20.3. The summed E-state index contributed by atoms with van der Waals surface area (Å²) in [6.45, 7) is 11.4. The number of hydrogen-bond acceptors (Lipinski definition) is 6. The number of ether oxygens (including phenoxy) is 1. The Balaban J connectivity index is 2.95. The van der Waals surface area contributed by atoms with Crippen LogP contribution in [0.3, 0.4) is 0 Å². The number of esters is 1. The summed E-state index contributed by atoms with van der Waals surface area (Å²) in [6, 6.07) is 3.99. The molecule has 1 atom stereocenters. The van der Waals surface area contributed by atoms with Gasteiger partial charge in [-0.2, -0.15) is 0 Å². The second kappa shape index (κ2) is 14.0. The van der Waals surface area contributed by atoms with Gasteiger partial charge in [-0.1, -0.05) is 39.0 Å². The van der Waals surface area contributed by atoms with E-state index in [1.54, 1.807) is 40.8 Å². The van der Waals surface area contributed by atoms with E-state index in [0.29, 0.717) is 5.69 Å². The fraction of sp³-hybridized carbons (Fsp3) is 0.750. The van der Waals surface area contributed by atoms with E-state index in [9.17, 15) is 9.36 Å². The van der Waals surface area contributed by atoms with Crippen LogP contribution in [0, 0.1) is 0 Å². The van der Waals surface area contributed by atoms with E-state index in [0.717, 1.165) is 12.8 Å². The average Bonchev–Trinajstić information content (AvgIpc) is 2.68. The Morgan fingerprint density at radius 1 is 1.03 bits per heavy atom. The van der Waals surface area contributed by atoms with Crippen LogP contribution in [0.2, 0.25) is 0 Å². The monoisotopic (exact) mass is 455 g/mol. The SMILES string of the molecule is CCCCCCCCc1ccnc(CC(C(=O)OC(C)(C)C)P(=O)(OCC)OCC)c1. The van der Waals surface area contributed by atoms with Gasteiger partial charge in [0.2, 0.25) is 0 Å². The minimum absolute atomic E-state index is 0.149. The van der Waals surface area contributed by atoms with Crippen molar-refractivity contribution in [1.82, 2.24) is 4.98 Å². The highest BCUT2D eigenvalue weighted by Gasteiger charge is 2.43. The Hall–Kier alpha value is -1.23. The molecule has 0 aliphatic heterocycles. The second-order valence-corrected chi connectivity index (χ2v) is 11.0. The molecular formula is C24H42NO5P. The largest absolute Gasteiger partial charge is 0.459 e. The van der Waals surface area contributed by atoms with Crippen molar-refractivity contribution in [3.05, 3.63) is 29.6 Å². The standard InChI is InChI=1S/C24H42NO5P/c1-7-10-11-12-13-14-15-20-16-17-25-21(18-20)19-22(23(26)30-24(4,5)6)31(27,28-8-2)29-9-3/h16-18,22H,7-15,19H2,1-6H3. The zero-order chi connectivity index (χ0) is 23.3. The van der Waals surface area contributed by atoms with E-state index in [-0.39, 0.29) is 19.6 Å². The van der Waals surface area contributed by atoms with Gasteiger partial charge in [-0.3, -0.25) is 14.3 Å². The van der Waals surface area contributed by atoms with E-state index in [4.69, 9.17) is 13.8 Å². The Morgan fingerprint density at radius 2 is 1.65 bits per heavy atom. The first kappa shape index (κ1) is 27.8. The van der Waals surface area contributed by atoms with E-state index in [1.807, 2.05) is 12.1 Å². The number of hydrogen-bond donors (Lipinski definition) is 0. The van der Waals surface area contributed by atoms with Gasteiger partial charge in [-0.05, 0) is 65.2 Å². The topological polar surface area (TPSA) is 74.7 Å². The molecule has 0 radical (unpaired) electrons. The third-order valence-electron chi connectivity index (χ3n) is 4.78. The number of carbonyl (C=O) groups is 1. The maximum atomic E-state index is 13.5. The number of carbonyl (C=O) groups excluding carboxylic acids is 1. The summed E-state index contributed by atoms with van der Waals surface area (Å²) >= 11 is 0. The quantitative estimate of drug-likeness (QED) is 0.171. The number of aryl methyl sites for hydroxylation is 1. The number of rotatable bonds is 15. The normalized spacial score (nSPS) is 13.2. The molecule has 1 rings (SSSR count). The molecule has 0 amide bonds. The van der Waals surface area contributed by atoms with Crippen LogP contribution in [0.25, 0.3) is 0 Å². The molecule has 31 heavy (non-hydrogen) atoms. The predicted molar refractivity (Wildman–Crippen MR) is 126 cm³/mol. The van der Waals surface area contributed by atoms with Crippen LogP contribution in [-0.2, 0) is 36.0 Å². The molecule has 0 bridgehead atoms. The lowest BCUT2D eigenvalue weighted by molar-refractivity contribution is -0.154. The van der Waals surface area contributed by atoms with Gasteiger partial charge < -0.3 is 13.8 Å². The zero-order valence-corrected chi connectivity index (χ0v) is 21.2. The molecule has 7 heteroatoms. The van der Waals surface area contributed by atoms with Crippen molar-refractivity contribution in [3.8, 4) is 0 Å². The minimum Gasteiger partial charge on any atom is -0.459 e. The molecule has 1 heterocycles. The summed E-state index contributed by atoms with van der Waals surface area (Å²) < 4.78 is 30.0. The highest BCUT2D eigenvalue weighted by molar-refractivity contribution is 7.55. The van der Waals surface area contributed by atoms with Crippen LogP contribution < -0.4 is 0 Å². The molecule has 0 aromatic carbocycles. The molecule has 0 aliphatic carbocycles. The molecule has 0 saturated carbocycles. The van der Waals surface area contributed by atoms with Crippen LogP contribution >= 0.6 is 7.60 Å². The van der Waals surface area contributed by atoms with Crippen molar-refractivity contribution in [2.24, 2.45) is 0 Å². The lowest BCUT2D eigenvalue weighted by atomic mass is 10.0. The van der Waals surface area contributed by atoms with Gasteiger partial charge in [0.25, 0.3) is 0 Å². The predicted octanol–water partition coefficient (Wildman–Crippen LogP) is 6.50. The number of nitrogens with zero attached hydrogens (tertiary/aromatic N) is 1. The van der Waals surface area contributed by atoms with Crippen molar-refractivity contribution in [2.75, 3.05) is 13.2 Å². The first-order valence-electron chi connectivity index (χ1n) is 11.7. The summed E-state index contributed by atoms with van der Waals surface area (Å²) in [5, 5.41) is 0. The second-order valence-electron chi connectivity index (χ2n) is 8.80. The fourth-order valence-corrected chi connectivity index (χ4v) is 5.25. The van der Waals surface area contributed by atoms with E-state index >= 15 is 0 Å². The molecule has 6 nitrogen and oxygen atoms in total. The third-order valence-corrected chi connectivity index (χ3v) is 7.17. The van der Waals surface area contributed by atoms with Crippen molar-refractivity contribution < 1.29 is 23.1 Å². The molecular weight excluding hydrogens is 413 g/mol. The molecule has 1 aromatic heterocycles. The summed E-state index contributed by atoms with van der Waals surface area (Å²) in [5.74, 6) is -0.583. The molecule has 0 N–H and O–H groups in total. The Bertz CT molecular complexity index is 691. The summed E-state index contributed by atoms with van der Waals surface area (Å²) in [7, 11) is -3.70. The van der Waals surface area contributed by atoms with Crippen LogP contribution in [0.4, 0.5) is 0 Å². The molecule has 178 valence electrons. The maximum Gasteiger partial charge on any atom is 0.345 e. The smallest absolute Gasteiger partial charge is 0.345 e. The van der Waals surface area contributed by atoms with Gasteiger partial charge in [-0.25, -0.2) is 0 Å². The first-order chi connectivity index (χ1) is 14.6. The third kappa shape index (κ3) is 10.8. The lowest BCUT2D eigenvalue weighted by Crippen LogP contribution is -2.34. The van der Waals surface area contributed by atoms with E-state index in [2.05, 4.69) is 11.9 Å². The van der Waals surface area contributed by atoms with Crippen LogP contribution in [-0.4, -0.2) is 35.4 Å². The molecule has 0 aliphatic rings. The Labute approximate surface area is 189 Å². The molecule has 0 saturated heterocycles. The lowest BCUT2D eigenvalue weighted by Gasteiger charge is -2.28. The maximum absolute atomic E-state index is 13.5. The van der Waals surface area contributed by atoms with Crippen molar-refractivity contribution >= 4 is 13.6 Å². The Kier molecular flexibility index (Phi) is 12.6. The average molecular weight is 456 g/mol. The van der Waals surface area contributed by atoms with Crippen LogP contribution in [0.15, 0.2) is 18.3 Å². The summed E-state index contributed by atoms with van der Waals surface area (Å²) in [6.07, 6.45) is 10.3. The molecule has 1 aromatic rings. The van der Waals surface area contributed by atoms with Crippen molar-refractivity contribution in [2.45, 2.75) is 104 Å². The van der Waals surface area contributed by atoms with Gasteiger partial charge in [0.1, 0.15) is 5.60 Å². The van der Waals surface area contributed by atoms with Gasteiger partial charge in [0.05, 0.1) is 13.2 Å². The molecule has 0 fully saturated rings. The van der Waals surface area contributed by atoms with Gasteiger partial charge in [0.15, 0.2) is 5.66 Å². The van der Waals surface area contributed by atoms with Crippen molar-refractivity contribution in [3.63, 3.8) is 0 Å². The highest BCUT2D eigenvalue weighted by atomic mass is 31.2. The summed E-state index contributed by atoms with van der Waals surface area (Å²) in [4.78, 5) is 17.4. The van der Waals surface area contributed by atoms with Crippen LogP contribution in [0.1, 0.15) is 91.3 Å². The molecule has 0 spiro atoms. The molecule has 1 unspecified atom stereocenters. The van der Waals surface area contributed by atoms with E-state index in [1.165, 1.54) is 37.7 Å². The van der Waals surface area contributed by atoms with Crippen LogP contribution in [0.5, 0.6) is 0 Å². The number of aromatic nitrogens is 1. The summed E-state index contributed by atoms with van der Waals surface area (Å²) in [5.41, 5.74) is 0.111. The Morgan fingerprint density at radius 3 is 2.23 bits per heavy atom. The minimum atomic E-state index is -3.70. The van der Waals surface area contributed by atoms with Gasteiger partial charge in [-0.15, -0.1) is 0 Å². The fourth-order valence-electron chi connectivity index (χ4n) is 3.37. The van der Waals surface area contributed by atoms with Crippen molar-refractivity contribution in [1.29, 1.82) is 0 Å². The van der Waals surface area contributed by atoms with E-state index < -0.39 is 24.8 Å². The highest BCUT2D eigenvalue weighted by Crippen LogP contribution is 2.54. The number of pyridine rings is 1. The first-order valence-corrected chi connectivity index (χ1v) is 13.3. The van der Waals surface area contributed by atoms with Gasteiger partial charge in [0, 0.05) is 18.3 Å².